The minimum Gasteiger partial charge on any atom is -0.467 e. The predicted molar refractivity (Wildman–Crippen MR) is 76.4 cm³/mol. The third-order valence-electron chi connectivity index (χ3n) is 2.49. The summed E-state index contributed by atoms with van der Waals surface area (Å²) in [6.07, 6.45) is 0. The Bertz CT molecular complexity index is 396. The number of methoxy groups -OCH3 is 1. The first-order valence-electron chi connectivity index (χ1n) is 6.37. The number of likely N-dealkylation sites (N-methyl/N-ethyl adjacent to an activating group) is 1. The molecule has 0 unspecified atom stereocenters. The highest BCUT2D eigenvalue weighted by molar-refractivity contribution is 5.36. The molecule has 1 rings (SSSR count). The van der Waals surface area contributed by atoms with Crippen molar-refractivity contribution in [3.8, 4) is 6.01 Å². The van der Waals surface area contributed by atoms with Crippen LogP contribution in [0.4, 0.5) is 11.9 Å². The molecule has 7 nitrogen and oxygen atoms in total. The van der Waals surface area contributed by atoms with Crippen molar-refractivity contribution in [2.24, 2.45) is 5.92 Å². The van der Waals surface area contributed by atoms with Gasteiger partial charge in [0.1, 0.15) is 0 Å². The van der Waals surface area contributed by atoms with Gasteiger partial charge < -0.3 is 20.3 Å². The molecule has 0 radical (unpaired) electrons. The van der Waals surface area contributed by atoms with E-state index in [-0.39, 0.29) is 12.0 Å². The van der Waals surface area contributed by atoms with Crippen LogP contribution in [0.2, 0.25) is 0 Å². The molecule has 19 heavy (non-hydrogen) atoms. The standard InChI is InChI=1S/C12H24N6O/c1-9(2)8-18(7-6-17(3)4)11-14-10(13)15-12(16-11)19-5/h9H,6-8H2,1-5H3,(H2,13,14,15,16). The number of ether oxygens (including phenoxy) is 1. The zero-order valence-electron chi connectivity index (χ0n) is 12.4. The number of anilines is 2. The quantitative estimate of drug-likeness (QED) is 0.770. The SMILES string of the molecule is COc1nc(N)nc(N(CCN(C)C)CC(C)C)n1. The molecule has 0 saturated heterocycles. The van der Waals surface area contributed by atoms with Gasteiger partial charge in [-0.2, -0.15) is 15.0 Å². The van der Waals surface area contributed by atoms with Gasteiger partial charge in [-0.3, -0.25) is 0 Å². The molecule has 1 aromatic rings. The number of nitrogen functional groups attached to an aromatic ring is 1. The van der Waals surface area contributed by atoms with Crippen molar-refractivity contribution in [3.63, 3.8) is 0 Å². The number of hydrogen-bond acceptors (Lipinski definition) is 7. The molecule has 108 valence electrons. The van der Waals surface area contributed by atoms with Crippen LogP contribution in [0.15, 0.2) is 0 Å². The van der Waals surface area contributed by atoms with Gasteiger partial charge in [0.05, 0.1) is 7.11 Å². The minimum absolute atomic E-state index is 0.181. The first kappa shape index (κ1) is 15.4. The number of rotatable bonds is 7. The zero-order chi connectivity index (χ0) is 14.4. The highest BCUT2D eigenvalue weighted by atomic mass is 16.5. The molecular formula is C12H24N6O. The lowest BCUT2D eigenvalue weighted by atomic mass is 10.2. The van der Waals surface area contributed by atoms with Crippen molar-refractivity contribution in [2.45, 2.75) is 13.8 Å². The molecule has 0 aliphatic rings. The van der Waals surface area contributed by atoms with Crippen molar-refractivity contribution < 1.29 is 4.74 Å². The maximum Gasteiger partial charge on any atom is 0.322 e. The summed E-state index contributed by atoms with van der Waals surface area (Å²) in [6.45, 7) is 6.92. The summed E-state index contributed by atoms with van der Waals surface area (Å²) in [5.41, 5.74) is 5.68. The van der Waals surface area contributed by atoms with Gasteiger partial charge in [-0.05, 0) is 20.0 Å². The monoisotopic (exact) mass is 268 g/mol. The van der Waals surface area contributed by atoms with E-state index in [1.54, 1.807) is 0 Å². The maximum absolute atomic E-state index is 5.68. The van der Waals surface area contributed by atoms with Crippen molar-refractivity contribution in [2.75, 3.05) is 51.5 Å². The van der Waals surface area contributed by atoms with Gasteiger partial charge in [0.2, 0.25) is 11.9 Å². The molecule has 0 saturated carbocycles. The van der Waals surface area contributed by atoms with Gasteiger partial charge >= 0.3 is 6.01 Å². The molecule has 0 aliphatic heterocycles. The molecule has 0 fully saturated rings. The Morgan fingerprint density at radius 1 is 1.16 bits per heavy atom. The van der Waals surface area contributed by atoms with Crippen LogP contribution < -0.4 is 15.4 Å². The van der Waals surface area contributed by atoms with Gasteiger partial charge in [0.25, 0.3) is 0 Å². The lowest BCUT2D eigenvalue weighted by Gasteiger charge is -2.26. The summed E-state index contributed by atoms with van der Waals surface area (Å²) in [5.74, 6) is 1.26. The lowest BCUT2D eigenvalue weighted by molar-refractivity contribution is 0.376. The molecule has 2 N–H and O–H groups in total. The number of aromatic nitrogens is 3. The van der Waals surface area contributed by atoms with Gasteiger partial charge in [0, 0.05) is 19.6 Å². The Labute approximate surface area is 114 Å². The molecule has 0 atom stereocenters. The number of hydrogen-bond donors (Lipinski definition) is 1. The van der Waals surface area contributed by atoms with E-state index >= 15 is 0 Å². The molecule has 0 spiro atoms. The molecule has 1 aromatic heterocycles. The summed E-state index contributed by atoms with van der Waals surface area (Å²) >= 11 is 0. The third-order valence-corrected chi connectivity index (χ3v) is 2.49. The first-order chi connectivity index (χ1) is 8.92. The molecule has 1 heterocycles. The van der Waals surface area contributed by atoms with E-state index in [4.69, 9.17) is 10.5 Å². The summed E-state index contributed by atoms with van der Waals surface area (Å²) < 4.78 is 5.04. The van der Waals surface area contributed by atoms with Crippen LogP contribution in [0.5, 0.6) is 6.01 Å². The van der Waals surface area contributed by atoms with Crippen LogP contribution in [-0.4, -0.2) is 60.7 Å². The van der Waals surface area contributed by atoms with E-state index in [2.05, 4.69) is 38.6 Å². The number of nitrogens with two attached hydrogens (primary N) is 1. The molecule has 0 aromatic carbocycles. The Morgan fingerprint density at radius 3 is 2.37 bits per heavy atom. The van der Waals surface area contributed by atoms with Crippen LogP contribution in [0.25, 0.3) is 0 Å². The Kier molecular flexibility index (Phi) is 5.75. The summed E-state index contributed by atoms with van der Waals surface area (Å²) in [5, 5.41) is 0. The van der Waals surface area contributed by atoms with E-state index in [1.165, 1.54) is 7.11 Å². The second-order valence-corrected chi connectivity index (χ2v) is 5.12. The van der Waals surface area contributed by atoms with Crippen LogP contribution in [-0.2, 0) is 0 Å². The van der Waals surface area contributed by atoms with Crippen LogP contribution in [0.3, 0.4) is 0 Å². The van der Waals surface area contributed by atoms with Crippen LogP contribution in [0, 0.1) is 5.92 Å². The van der Waals surface area contributed by atoms with Crippen molar-refractivity contribution >= 4 is 11.9 Å². The average Bonchev–Trinajstić information content (AvgIpc) is 2.32. The van der Waals surface area contributed by atoms with Crippen molar-refractivity contribution in [1.82, 2.24) is 19.9 Å². The smallest absolute Gasteiger partial charge is 0.322 e. The second kappa shape index (κ2) is 7.08. The molecule has 0 bridgehead atoms. The molecule has 7 heteroatoms. The van der Waals surface area contributed by atoms with Crippen molar-refractivity contribution in [3.05, 3.63) is 0 Å². The van der Waals surface area contributed by atoms with Crippen LogP contribution in [0.1, 0.15) is 13.8 Å². The molecule has 0 aliphatic carbocycles. The lowest BCUT2D eigenvalue weighted by Crippen LogP contribution is -2.35. The summed E-state index contributed by atoms with van der Waals surface area (Å²) in [7, 11) is 5.59. The van der Waals surface area contributed by atoms with Gasteiger partial charge in [-0.15, -0.1) is 0 Å². The summed E-state index contributed by atoms with van der Waals surface area (Å²) in [6, 6.07) is 0.251. The topological polar surface area (TPSA) is 80.4 Å². The van der Waals surface area contributed by atoms with Crippen molar-refractivity contribution in [1.29, 1.82) is 0 Å². The maximum atomic E-state index is 5.68. The van der Waals surface area contributed by atoms with Crippen LogP contribution >= 0.6 is 0 Å². The molecular weight excluding hydrogens is 244 g/mol. The Hall–Kier alpha value is -1.63. The van der Waals surface area contributed by atoms with E-state index in [0.717, 1.165) is 19.6 Å². The highest BCUT2D eigenvalue weighted by Gasteiger charge is 2.14. The first-order valence-corrected chi connectivity index (χ1v) is 6.37. The minimum atomic E-state index is 0.181. The fourth-order valence-electron chi connectivity index (χ4n) is 1.63. The Morgan fingerprint density at radius 2 is 1.84 bits per heavy atom. The van der Waals surface area contributed by atoms with E-state index < -0.39 is 0 Å². The average molecular weight is 268 g/mol. The third kappa shape index (κ3) is 5.25. The normalized spacial score (nSPS) is 11.1. The fourth-order valence-corrected chi connectivity index (χ4v) is 1.63. The van der Waals surface area contributed by atoms with Gasteiger partial charge in [-0.25, -0.2) is 0 Å². The highest BCUT2D eigenvalue weighted by Crippen LogP contribution is 2.14. The largest absolute Gasteiger partial charge is 0.467 e. The van der Waals surface area contributed by atoms with Gasteiger partial charge in [-0.1, -0.05) is 13.8 Å². The predicted octanol–water partition coefficient (Wildman–Crippen LogP) is 0.486. The second-order valence-electron chi connectivity index (χ2n) is 5.12. The summed E-state index contributed by atoms with van der Waals surface area (Å²) in [4.78, 5) is 16.6. The number of nitrogens with zero attached hydrogens (tertiary/aromatic N) is 5. The zero-order valence-corrected chi connectivity index (χ0v) is 12.4. The van der Waals surface area contributed by atoms with E-state index in [9.17, 15) is 0 Å². The van der Waals surface area contributed by atoms with Gasteiger partial charge in [0.15, 0.2) is 0 Å². The van der Waals surface area contributed by atoms with E-state index in [0.29, 0.717) is 11.9 Å². The van der Waals surface area contributed by atoms with E-state index in [1.807, 2.05) is 14.1 Å². The molecule has 0 amide bonds. The fraction of sp³-hybridized carbons (Fsp3) is 0.750. The Balaban J connectivity index is 2.91.